The first-order valence-electron chi connectivity index (χ1n) is 7.55. The molecule has 3 amide bonds. The van der Waals surface area contributed by atoms with E-state index in [2.05, 4.69) is 29.8 Å². The normalized spacial score (nSPS) is 32.1. The fraction of sp³-hybridized carbons (Fsp3) is 0.235. The summed E-state index contributed by atoms with van der Waals surface area (Å²) in [5, 5.41) is 6.95. The maximum absolute atomic E-state index is 13.3. The van der Waals surface area contributed by atoms with Crippen LogP contribution in [0.1, 0.15) is 5.56 Å². The van der Waals surface area contributed by atoms with Crippen molar-refractivity contribution in [2.24, 2.45) is 11.8 Å². The number of imide groups is 1. The van der Waals surface area contributed by atoms with E-state index in [-0.39, 0.29) is 5.91 Å². The second kappa shape index (κ2) is 4.98. The standard InChI is InChI=1S/C17H15N3O3S/c1-2-7-20-11-6-4-3-5-9(11)17(16(20)23)13-12(10(8-24)19-17)14(21)18-15(13)22/h2-6,8,12-13,19,24H,1,7H2,(H,18,21,22). The van der Waals surface area contributed by atoms with Crippen molar-refractivity contribution in [1.29, 1.82) is 0 Å². The Morgan fingerprint density at radius 2 is 2.00 bits per heavy atom. The summed E-state index contributed by atoms with van der Waals surface area (Å²) < 4.78 is 0. The molecule has 2 N–H and O–H groups in total. The van der Waals surface area contributed by atoms with E-state index in [1.165, 1.54) is 5.41 Å². The average molecular weight is 341 g/mol. The molecule has 0 aromatic heterocycles. The fourth-order valence-corrected chi connectivity index (χ4v) is 4.28. The molecule has 2 saturated heterocycles. The zero-order valence-corrected chi connectivity index (χ0v) is 13.5. The number of para-hydroxylation sites is 1. The Labute approximate surface area is 144 Å². The van der Waals surface area contributed by atoms with Crippen LogP contribution < -0.4 is 15.5 Å². The third kappa shape index (κ3) is 1.60. The molecule has 24 heavy (non-hydrogen) atoms. The Balaban J connectivity index is 1.97. The van der Waals surface area contributed by atoms with Crippen LogP contribution in [0, 0.1) is 11.8 Å². The molecule has 3 aliphatic rings. The smallest absolute Gasteiger partial charge is 0.258 e. The molecule has 4 rings (SSSR count). The molecule has 122 valence electrons. The molecule has 1 aromatic rings. The van der Waals surface area contributed by atoms with Crippen molar-refractivity contribution in [3.63, 3.8) is 0 Å². The lowest BCUT2D eigenvalue weighted by molar-refractivity contribution is -0.133. The zero-order valence-electron chi connectivity index (χ0n) is 12.7. The maximum atomic E-state index is 13.3. The summed E-state index contributed by atoms with van der Waals surface area (Å²) in [4.78, 5) is 39.6. The molecule has 7 heteroatoms. The van der Waals surface area contributed by atoms with E-state index < -0.39 is 29.2 Å². The van der Waals surface area contributed by atoms with E-state index >= 15 is 0 Å². The number of rotatable bonds is 2. The van der Waals surface area contributed by atoms with Crippen molar-refractivity contribution < 1.29 is 14.4 Å². The third-order valence-electron chi connectivity index (χ3n) is 4.94. The lowest BCUT2D eigenvalue weighted by atomic mass is 9.77. The van der Waals surface area contributed by atoms with Crippen LogP contribution in [0.2, 0.25) is 0 Å². The molecule has 3 aliphatic heterocycles. The van der Waals surface area contributed by atoms with Crippen molar-refractivity contribution in [1.82, 2.24) is 10.6 Å². The summed E-state index contributed by atoms with van der Waals surface area (Å²) in [5.41, 5.74) is 0.619. The molecular formula is C17H15N3O3S. The van der Waals surface area contributed by atoms with Gasteiger partial charge in [-0.1, -0.05) is 24.3 Å². The number of hydrogen-bond acceptors (Lipinski definition) is 5. The molecule has 1 aromatic carbocycles. The van der Waals surface area contributed by atoms with E-state index in [4.69, 9.17) is 0 Å². The number of amides is 3. The SMILES string of the molecule is C=CCN1C(=O)C2(NC(=CS)C3C(=O)NC(=O)C32)c2ccccc21. The second-order valence-electron chi connectivity index (χ2n) is 6.05. The topological polar surface area (TPSA) is 78.5 Å². The van der Waals surface area contributed by atoms with Crippen LogP contribution in [-0.4, -0.2) is 24.3 Å². The van der Waals surface area contributed by atoms with Crippen LogP contribution in [0.25, 0.3) is 0 Å². The molecule has 3 unspecified atom stereocenters. The molecule has 0 aliphatic carbocycles. The highest BCUT2D eigenvalue weighted by molar-refractivity contribution is 7.83. The van der Waals surface area contributed by atoms with E-state index in [1.807, 2.05) is 24.3 Å². The summed E-state index contributed by atoms with van der Waals surface area (Å²) in [5.74, 6) is -2.65. The van der Waals surface area contributed by atoms with Crippen LogP contribution >= 0.6 is 12.6 Å². The summed E-state index contributed by atoms with van der Waals surface area (Å²) in [6.07, 6.45) is 1.63. The Morgan fingerprint density at radius 1 is 1.25 bits per heavy atom. The fourth-order valence-electron chi connectivity index (χ4n) is 4.05. The number of nitrogens with zero attached hydrogens (tertiary/aromatic N) is 1. The van der Waals surface area contributed by atoms with Crippen LogP contribution in [0.15, 0.2) is 48.0 Å². The first kappa shape index (κ1) is 15.0. The number of anilines is 1. The quantitative estimate of drug-likeness (QED) is 0.420. The lowest BCUT2D eigenvalue weighted by Gasteiger charge is -2.28. The highest BCUT2D eigenvalue weighted by Gasteiger charge is 2.68. The highest BCUT2D eigenvalue weighted by Crippen LogP contribution is 2.54. The summed E-state index contributed by atoms with van der Waals surface area (Å²) in [6.45, 7) is 4.03. The van der Waals surface area contributed by atoms with Gasteiger partial charge in [0.2, 0.25) is 11.8 Å². The summed E-state index contributed by atoms with van der Waals surface area (Å²) in [7, 11) is 0. The van der Waals surface area contributed by atoms with Gasteiger partial charge >= 0.3 is 0 Å². The summed E-state index contributed by atoms with van der Waals surface area (Å²) >= 11 is 4.15. The van der Waals surface area contributed by atoms with E-state index in [1.54, 1.807) is 11.0 Å². The molecule has 1 spiro atoms. The van der Waals surface area contributed by atoms with Crippen molar-refractivity contribution >= 4 is 36.0 Å². The number of carbonyl (C=O) groups is 3. The third-order valence-corrected chi connectivity index (χ3v) is 5.22. The van der Waals surface area contributed by atoms with Gasteiger partial charge < -0.3 is 10.2 Å². The van der Waals surface area contributed by atoms with Gasteiger partial charge in [0.05, 0.1) is 17.5 Å². The Kier molecular flexibility index (Phi) is 3.11. The summed E-state index contributed by atoms with van der Waals surface area (Å²) in [6, 6.07) is 7.30. The van der Waals surface area contributed by atoms with Gasteiger partial charge in [0.15, 0.2) is 5.54 Å². The van der Waals surface area contributed by atoms with Gasteiger partial charge in [0.1, 0.15) is 0 Å². The number of carbonyl (C=O) groups excluding carboxylic acids is 3. The second-order valence-corrected chi connectivity index (χ2v) is 6.31. The van der Waals surface area contributed by atoms with Crippen molar-refractivity contribution in [2.75, 3.05) is 11.4 Å². The van der Waals surface area contributed by atoms with Gasteiger partial charge in [-0.25, -0.2) is 0 Å². The van der Waals surface area contributed by atoms with Crippen molar-refractivity contribution in [2.45, 2.75) is 5.54 Å². The first-order valence-corrected chi connectivity index (χ1v) is 8.07. The van der Waals surface area contributed by atoms with Gasteiger partial charge in [-0.15, -0.1) is 19.2 Å². The lowest BCUT2D eigenvalue weighted by Crippen LogP contribution is -2.53. The monoisotopic (exact) mass is 341 g/mol. The van der Waals surface area contributed by atoms with E-state index in [9.17, 15) is 14.4 Å². The van der Waals surface area contributed by atoms with Gasteiger partial charge in [0.25, 0.3) is 5.91 Å². The van der Waals surface area contributed by atoms with E-state index in [0.717, 1.165) is 5.69 Å². The van der Waals surface area contributed by atoms with Gasteiger partial charge in [0, 0.05) is 17.8 Å². The van der Waals surface area contributed by atoms with Crippen LogP contribution in [0.5, 0.6) is 0 Å². The van der Waals surface area contributed by atoms with E-state index in [0.29, 0.717) is 17.8 Å². The Bertz CT molecular complexity index is 834. The predicted octanol–water partition coefficient (Wildman–Crippen LogP) is 0.678. The zero-order chi connectivity index (χ0) is 17.1. The highest BCUT2D eigenvalue weighted by atomic mass is 32.1. The Hall–Kier alpha value is -2.54. The minimum absolute atomic E-state index is 0.256. The number of thiol groups is 1. The minimum Gasteiger partial charge on any atom is -0.369 e. The number of fused-ring (bicyclic) bond motifs is 4. The first-order chi connectivity index (χ1) is 11.6. The average Bonchev–Trinajstić information content (AvgIpc) is 3.16. The van der Waals surface area contributed by atoms with Gasteiger partial charge in [-0.2, -0.15) is 0 Å². The van der Waals surface area contributed by atoms with Crippen molar-refractivity contribution in [3.8, 4) is 0 Å². The predicted molar refractivity (Wildman–Crippen MR) is 91.0 cm³/mol. The van der Waals surface area contributed by atoms with Crippen molar-refractivity contribution in [3.05, 3.63) is 53.6 Å². The molecule has 6 nitrogen and oxygen atoms in total. The van der Waals surface area contributed by atoms with Gasteiger partial charge in [-0.3, -0.25) is 19.7 Å². The molecule has 2 fully saturated rings. The van der Waals surface area contributed by atoms with Crippen LogP contribution in [-0.2, 0) is 19.9 Å². The molecule has 0 radical (unpaired) electrons. The Morgan fingerprint density at radius 3 is 2.71 bits per heavy atom. The number of hydrogen-bond donors (Lipinski definition) is 3. The molecule has 3 heterocycles. The molecule has 3 atom stereocenters. The molecular weight excluding hydrogens is 326 g/mol. The number of nitrogens with one attached hydrogen (secondary N) is 2. The largest absolute Gasteiger partial charge is 0.369 e. The molecule has 0 bridgehead atoms. The van der Waals surface area contributed by atoms with Crippen LogP contribution in [0.4, 0.5) is 5.69 Å². The maximum Gasteiger partial charge on any atom is 0.258 e. The molecule has 0 saturated carbocycles. The van der Waals surface area contributed by atoms with Crippen LogP contribution in [0.3, 0.4) is 0 Å². The number of benzene rings is 1. The minimum atomic E-state index is -1.28. The van der Waals surface area contributed by atoms with Gasteiger partial charge in [-0.05, 0) is 11.5 Å².